The smallest absolute Gasteiger partial charge is 0.200 e. The summed E-state index contributed by atoms with van der Waals surface area (Å²) in [5, 5.41) is 4.61. The van der Waals surface area contributed by atoms with Crippen LogP contribution in [0.4, 0.5) is 100.0 Å². The molecule has 94 heavy (non-hydrogen) atoms. The molecule has 482 valence electrons. The molecule has 0 spiro atoms. The largest absolute Gasteiger partial charge is 0.329 e. The van der Waals surface area contributed by atoms with E-state index in [2.05, 4.69) is 0 Å². The zero-order chi connectivity index (χ0) is 66.3. The summed E-state index contributed by atoms with van der Waals surface area (Å²) in [6.45, 7) is 11.2. The van der Waals surface area contributed by atoms with Gasteiger partial charge in [0.05, 0.1) is 16.6 Å². The normalized spacial score (nSPS) is 25.4. The van der Waals surface area contributed by atoms with Crippen LogP contribution < -0.4 is 14.7 Å². The lowest BCUT2D eigenvalue weighted by atomic mass is 9.61. The molecule has 16 rings (SSSR count). The Kier molecular flexibility index (Phi) is 12.8. The van der Waals surface area contributed by atoms with Crippen LogP contribution >= 0.6 is 0 Å². The summed E-state index contributed by atoms with van der Waals surface area (Å²) in [7, 11) is 0. The lowest BCUT2D eigenvalue weighted by Crippen LogP contribution is -2.55. The molecule has 3 aliphatic heterocycles. The van der Waals surface area contributed by atoms with Gasteiger partial charge >= 0.3 is 0 Å². The van der Waals surface area contributed by atoms with Gasteiger partial charge in [-0.05, 0) is 184 Å². The van der Waals surface area contributed by atoms with Crippen LogP contribution in [0.3, 0.4) is 0 Å². The fourth-order valence-corrected chi connectivity index (χ4v) is 18.7. The molecule has 3 nitrogen and oxygen atoms in total. The molecule has 6 unspecified atom stereocenters. The maximum Gasteiger partial charge on any atom is 0.200 e. The van der Waals surface area contributed by atoms with E-state index in [0.29, 0.717) is 121 Å². The zero-order valence-electron chi connectivity index (χ0n) is 51.7. The Bertz CT molecular complexity index is 4780. The molecule has 0 radical (unpaired) electrons. The molecule has 0 saturated heterocycles. The first kappa shape index (κ1) is 60.5. The van der Waals surface area contributed by atoms with Gasteiger partial charge in [-0.15, -0.1) is 0 Å². The van der Waals surface area contributed by atoms with Crippen LogP contribution in [-0.4, -0.2) is 16.6 Å². The van der Waals surface area contributed by atoms with Crippen LogP contribution in [-0.2, 0) is 16.2 Å². The standard InChI is InChI=1S/C76H58F15N3/c1-71-25-7-10-28-74(71,4)92(68-62(86)56(80)53(77)57(81)63(68)87)48-22-15-36(31-45(48)71)39-18-13-35-14-19-41-43(37-16-23-49-46(32-37)72(2)26-8-11-29-75(72,5)93(49)69-64(88)58(82)54(78)59(83)65(69)89)34-44(42-21-20-40(39)51(35)52(41)42)38-17-24-50-47(33-38)73(3)27-9-12-30-76(73,6)94(50)70-66(90)60(84)55(79)61(85)67(70)91/h13-24,31-34H,7-12,25-30H2,1-6H3. The summed E-state index contributed by atoms with van der Waals surface area (Å²) >= 11 is 0. The van der Waals surface area contributed by atoms with Gasteiger partial charge in [0.15, 0.2) is 69.8 Å². The van der Waals surface area contributed by atoms with Gasteiger partial charge in [-0.1, -0.05) is 114 Å². The monoisotopic (exact) mass is 1300 g/mol. The van der Waals surface area contributed by atoms with E-state index in [1.807, 2.05) is 81.4 Å². The molecule has 3 fully saturated rings. The van der Waals surface area contributed by atoms with Crippen molar-refractivity contribution in [3.05, 3.63) is 201 Å². The van der Waals surface area contributed by atoms with Crippen molar-refractivity contribution in [3.8, 4) is 33.4 Å². The molecule has 6 aliphatic rings. The average Bonchev–Trinajstić information content (AvgIpc) is 1.51. The Hall–Kier alpha value is -8.41. The van der Waals surface area contributed by atoms with E-state index >= 15 is 52.7 Å². The fraction of sp³-hybridized carbons (Fsp3) is 0.316. The van der Waals surface area contributed by atoms with Crippen LogP contribution in [0.5, 0.6) is 0 Å². The van der Waals surface area contributed by atoms with Crippen molar-refractivity contribution in [1.82, 2.24) is 0 Å². The maximum atomic E-state index is 16.3. The molecule has 6 atom stereocenters. The molecule has 0 N–H and O–H groups in total. The summed E-state index contributed by atoms with van der Waals surface area (Å²) in [4.78, 5) is 3.86. The van der Waals surface area contributed by atoms with Crippen LogP contribution in [0.25, 0.3) is 65.7 Å². The highest BCUT2D eigenvalue weighted by Gasteiger charge is 2.62. The lowest BCUT2D eigenvalue weighted by Gasteiger charge is -2.50. The van der Waals surface area contributed by atoms with E-state index in [0.717, 1.165) is 44.3 Å². The van der Waals surface area contributed by atoms with Gasteiger partial charge in [0.25, 0.3) is 0 Å². The van der Waals surface area contributed by atoms with E-state index in [9.17, 15) is 13.2 Å². The number of hydrogen-bond acceptors (Lipinski definition) is 3. The van der Waals surface area contributed by atoms with Gasteiger partial charge in [0, 0.05) is 33.3 Å². The number of benzene rings is 10. The molecule has 3 aliphatic carbocycles. The van der Waals surface area contributed by atoms with Crippen molar-refractivity contribution in [2.75, 3.05) is 14.7 Å². The first-order valence-corrected chi connectivity index (χ1v) is 31.7. The van der Waals surface area contributed by atoms with E-state index < -0.39 is 137 Å². The van der Waals surface area contributed by atoms with Crippen molar-refractivity contribution in [2.45, 2.75) is 151 Å². The van der Waals surface area contributed by atoms with Crippen molar-refractivity contribution in [1.29, 1.82) is 0 Å². The summed E-state index contributed by atoms with van der Waals surface area (Å²) < 4.78 is 233. The second kappa shape index (κ2) is 19.8. The fourth-order valence-electron chi connectivity index (χ4n) is 18.7. The second-order valence-corrected chi connectivity index (χ2v) is 28.2. The molecule has 10 aromatic carbocycles. The highest BCUT2D eigenvalue weighted by molar-refractivity contribution is 6.30. The molecule has 0 bridgehead atoms. The molecule has 3 saturated carbocycles. The summed E-state index contributed by atoms with van der Waals surface area (Å²) in [5.74, 6) is -30.9. The summed E-state index contributed by atoms with van der Waals surface area (Å²) in [5.41, 5.74) is -2.69. The number of hydrogen-bond donors (Lipinski definition) is 0. The van der Waals surface area contributed by atoms with Gasteiger partial charge in [-0.2, -0.15) is 0 Å². The number of halogens is 15. The van der Waals surface area contributed by atoms with Crippen LogP contribution in [0.15, 0.2) is 97.1 Å². The third kappa shape index (κ3) is 7.29. The Morgan fingerprint density at radius 1 is 0.266 bits per heavy atom. The second-order valence-electron chi connectivity index (χ2n) is 28.2. The van der Waals surface area contributed by atoms with Crippen molar-refractivity contribution >= 4 is 66.4 Å². The Balaban J connectivity index is 0.943. The van der Waals surface area contributed by atoms with Crippen molar-refractivity contribution in [2.24, 2.45) is 0 Å². The molecular weight excluding hydrogens is 1240 g/mol. The molecule has 18 heteroatoms. The van der Waals surface area contributed by atoms with E-state index in [1.165, 1.54) is 14.7 Å². The Morgan fingerprint density at radius 2 is 0.532 bits per heavy atom. The highest BCUT2D eigenvalue weighted by atomic mass is 19.2. The minimum absolute atomic E-state index is 0.259. The quantitative estimate of drug-likeness (QED) is 0.0711. The van der Waals surface area contributed by atoms with Crippen LogP contribution in [0.1, 0.15) is 135 Å². The predicted octanol–water partition coefficient (Wildman–Crippen LogP) is 22.9. The first-order chi connectivity index (χ1) is 44.6. The number of rotatable bonds is 6. The average molecular weight is 1300 g/mol. The molecule has 0 aromatic heterocycles. The minimum atomic E-state index is -2.28. The minimum Gasteiger partial charge on any atom is -0.329 e. The third-order valence-corrected chi connectivity index (χ3v) is 24.3. The van der Waals surface area contributed by atoms with Crippen molar-refractivity contribution < 1.29 is 65.9 Å². The summed E-state index contributed by atoms with van der Waals surface area (Å²) in [6.07, 6.45) is 6.47. The number of nitrogens with zero attached hydrogens (tertiary/aromatic N) is 3. The first-order valence-electron chi connectivity index (χ1n) is 31.7. The number of anilines is 6. The third-order valence-electron chi connectivity index (χ3n) is 24.3. The zero-order valence-corrected chi connectivity index (χ0v) is 51.7. The van der Waals surface area contributed by atoms with E-state index in [1.54, 1.807) is 57.2 Å². The highest BCUT2D eigenvalue weighted by Crippen LogP contribution is 2.66. The lowest BCUT2D eigenvalue weighted by molar-refractivity contribution is 0.192. The van der Waals surface area contributed by atoms with Gasteiger partial charge in [-0.3, -0.25) is 0 Å². The predicted molar refractivity (Wildman–Crippen MR) is 334 cm³/mol. The van der Waals surface area contributed by atoms with Crippen LogP contribution in [0, 0.1) is 87.3 Å². The molecule has 3 heterocycles. The van der Waals surface area contributed by atoms with Gasteiger partial charge in [0.2, 0.25) is 17.5 Å². The molecular formula is C76H58F15N3. The molecule has 0 amide bonds. The topological polar surface area (TPSA) is 9.72 Å². The van der Waals surface area contributed by atoms with E-state index in [-0.39, 0.29) is 11.4 Å². The van der Waals surface area contributed by atoms with Crippen LogP contribution in [0.2, 0.25) is 0 Å². The van der Waals surface area contributed by atoms with Gasteiger partial charge < -0.3 is 14.7 Å². The van der Waals surface area contributed by atoms with Gasteiger partial charge in [0.1, 0.15) is 17.1 Å². The SMILES string of the molecule is CC12CCCCC1(C)N(c1c(F)c(F)c(F)c(F)c1F)c1ccc(-c3ccc4ccc5c(-c6ccc7c(c6)C6(C)CCCCC6(C)N7c6c(F)c(F)c(F)c(F)c6F)cc(-c6ccc7c(c6)C6(C)CCCCC6(C)N7c6c(F)c(F)c(F)c(F)c6F)c6ccc3c4c56)cc12. The Labute approximate surface area is 530 Å². The Morgan fingerprint density at radius 3 is 0.862 bits per heavy atom. The van der Waals surface area contributed by atoms with Crippen molar-refractivity contribution in [3.63, 3.8) is 0 Å². The number of fused-ring (bicyclic) bond motifs is 9. The maximum absolute atomic E-state index is 16.3. The van der Waals surface area contributed by atoms with Gasteiger partial charge in [-0.25, -0.2) is 65.9 Å². The van der Waals surface area contributed by atoms with E-state index in [4.69, 9.17) is 0 Å². The molecule has 10 aromatic rings. The summed E-state index contributed by atoms with van der Waals surface area (Å²) in [6, 6.07) is 29.9.